The highest BCUT2D eigenvalue weighted by Crippen LogP contribution is 2.22. The van der Waals surface area contributed by atoms with Crippen molar-refractivity contribution in [1.29, 1.82) is 0 Å². The summed E-state index contributed by atoms with van der Waals surface area (Å²) in [4.78, 5) is 24.3. The number of aromatic nitrogens is 2. The van der Waals surface area contributed by atoms with E-state index in [0.29, 0.717) is 27.7 Å². The van der Waals surface area contributed by atoms with Gasteiger partial charge in [-0.25, -0.2) is 10.1 Å². The maximum absolute atomic E-state index is 12.5. The fraction of sp³-hybridized carbons (Fsp3) is 0.105. The molecule has 0 aliphatic carbocycles. The number of hydrazone groups is 1. The summed E-state index contributed by atoms with van der Waals surface area (Å²) in [5.41, 5.74) is 3.76. The van der Waals surface area contributed by atoms with E-state index in [2.05, 4.69) is 15.6 Å². The fourth-order valence-electron chi connectivity index (χ4n) is 2.38. The topological polar surface area (TPSA) is 88.5 Å². The summed E-state index contributed by atoms with van der Waals surface area (Å²) in [5.74, 6) is -0.0618. The Balaban J connectivity index is 1.63. The van der Waals surface area contributed by atoms with Crippen LogP contribution in [0.3, 0.4) is 0 Å². The number of hydrogen-bond donors (Lipinski definition) is 2. The average molecular weight is 385 g/mol. The van der Waals surface area contributed by atoms with Gasteiger partial charge in [0.2, 0.25) is 0 Å². The summed E-state index contributed by atoms with van der Waals surface area (Å²) in [6, 6.07) is 16.0. The van der Waals surface area contributed by atoms with E-state index in [1.54, 1.807) is 31.2 Å². The van der Waals surface area contributed by atoms with E-state index in [-0.39, 0.29) is 12.2 Å². The number of H-pyrrole nitrogens is 1. The SMILES string of the molecule is Cc1[nH]n(-c2ccccc2)c(=O)c1/C=N\NC(=O)COc1ccccc1Cl. The molecule has 1 amide bonds. The first kappa shape index (κ1) is 18.5. The highest BCUT2D eigenvalue weighted by Gasteiger charge is 2.10. The highest BCUT2D eigenvalue weighted by molar-refractivity contribution is 6.32. The van der Waals surface area contributed by atoms with Gasteiger partial charge in [-0.2, -0.15) is 5.10 Å². The molecule has 138 valence electrons. The van der Waals surface area contributed by atoms with Gasteiger partial charge < -0.3 is 4.74 Å². The van der Waals surface area contributed by atoms with Crippen LogP contribution in [0.5, 0.6) is 5.75 Å². The molecule has 0 saturated carbocycles. The monoisotopic (exact) mass is 384 g/mol. The van der Waals surface area contributed by atoms with E-state index in [4.69, 9.17) is 16.3 Å². The van der Waals surface area contributed by atoms with Crippen molar-refractivity contribution in [2.45, 2.75) is 6.92 Å². The van der Waals surface area contributed by atoms with Crippen LogP contribution in [0.4, 0.5) is 0 Å². The number of carbonyl (C=O) groups excluding carboxylic acids is 1. The van der Waals surface area contributed by atoms with Crippen molar-refractivity contribution >= 4 is 23.7 Å². The lowest BCUT2D eigenvalue weighted by atomic mass is 10.3. The molecule has 0 atom stereocenters. The summed E-state index contributed by atoms with van der Waals surface area (Å²) >= 11 is 5.95. The zero-order valence-electron chi connectivity index (χ0n) is 14.5. The number of aryl methyl sites for hydroxylation is 1. The van der Waals surface area contributed by atoms with Crippen molar-refractivity contribution in [2.24, 2.45) is 5.10 Å². The molecule has 0 radical (unpaired) electrons. The predicted molar refractivity (Wildman–Crippen MR) is 104 cm³/mol. The van der Waals surface area contributed by atoms with E-state index < -0.39 is 5.91 Å². The zero-order valence-corrected chi connectivity index (χ0v) is 15.2. The molecule has 1 aromatic heterocycles. The average Bonchev–Trinajstić information content (AvgIpc) is 2.96. The van der Waals surface area contributed by atoms with Gasteiger partial charge in [-0.3, -0.25) is 14.7 Å². The van der Waals surface area contributed by atoms with Gasteiger partial charge in [-0.15, -0.1) is 0 Å². The van der Waals surface area contributed by atoms with Gasteiger partial charge in [-0.1, -0.05) is 41.9 Å². The van der Waals surface area contributed by atoms with Crippen molar-refractivity contribution in [3.8, 4) is 11.4 Å². The summed E-state index contributed by atoms with van der Waals surface area (Å²) in [5, 5.41) is 7.23. The number of hydrogen-bond acceptors (Lipinski definition) is 4. The third-order valence-electron chi connectivity index (χ3n) is 3.71. The number of benzene rings is 2. The molecule has 2 aromatic carbocycles. The molecule has 2 N–H and O–H groups in total. The smallest absolute Gasteiger partial charge is 0.280 e. The van der Waals surface area contributed by atoms with Crippen molar-refractivity contribution < 1.29 is 9.53 Å². The zero-order chi connectivity index (χ0) is 19.2. The molecule has 0 aliphatic rings. The van der Waals surface area contributed by atoms with Crippen molar-refractivity contribution in [3.05, 3.63) is 81.2 Å². The van der Waals surface area contributed by atoms with Crippen molar-refractivity contribution in [2.75, 3.05) is 6.61 Å². The third-order valence-corrected chi connectivity index (χ3v) is 4.02. The minimum Gasteiger partial charge on any atom is -0.482 e. The summed E-state index contributed by atoms with van der Waals surface area (Å²) in [6.07, 6.45) is 1.31. The number of nitrogens with zero attached hydrogens (tertiary/aromatic N) is 2. The van der Waals surface area contributed by atoms with Crippen LogP contribution in [0.2, 0.25) is 5.02 Å². The molecular weight excluding hydrogens is 368 g/mol. The number of aromatic amines is 1. The Morgan fingerprint density at radius 3 is 2.67 bits per heavy atom. The van der Waals surface area contributed by atoms with Gasteiger partial charge in [0, 0.05) is 5.69 Å². The summed E-state index contributed by atoms with van der Waals surface area (Å²) in [7, 11) is 0. The lowest BCUT2D eigenvalue weighted by molar-refractivity contribution is -0.123. The third kappa shape index (κ3) is 4.45. The molecule has 0 unspecified atom stereocenters. The van der Waals surface area contributed by atoms with Crippen LogP contribution in [0.15, 0.2) is 64.5 Å². The van der Waals surface area contributed by atoms with E-state index in [1.165, 1.54) is 10.9 Å². The van der Waals surface area contributed by atoms with Gasteiger partial charge in [-0.05, 0) is 31.2 Å². The first-order chi connectivity index (χ1) is 13.1. The van der Waals surface area contributed by atoms with Crippen LogP contribution in [-0.2, 0) is 4.79 Å². The standard InChI is InChI=1S/C19H17ClN4O3/c1-13-15(19(26)24(23-13)14-7-3-2-4-8-14)11-21-22-18(25)12-27-17-10-6-5-9-16(17)20/h2-11,23H,12H2,1H3,(H,22,25)/b21-11-. The van der Waals surface area contributed by atoms with Gasteiger partial charge in [0.15, 0.2) is 6.61 Å². The minimum absolute atomic E-state index is 0.249. The normalized spacial score (nSPS) is 10.9. The van der Waals surface area contributed by atoms with Crippen LogP contribution in [0, 0.1) is 6.92 Å². The van der Waals surface area contributed by atoms with E-state index in [0.717, 1.165) is 0 Å². The molecule has 3 rings (SSSR count). The second-order valence-electron chi connectivity index (χ2n) is 5.64. The maximum Gasteiger partial charge on any atom is 0.280 e. The molecule has 0 aliphatic heterocycles. The lowest BCUT2D eigenvalue weighted by Gasteiger charge is -2.06. The van der Waals surface area contributed by atoms with Gasteiger partial charge in [0.1, 0.15) is 5.75 Å². The van der Waals surface area contributed by atoms with Crippen LogP contribution in [-0.4, -0.2) is 28.5 Å². The second kappa shape index (κ2) is 8.37. The van der Waals surface area contributed by atoms with Crippen molar-refractivity contribution in [1.82, 2.24) is 15.2 Å². The molecule has 27 heavy (non-hydrogen) atoms. The molecule has 1 heterocycles. The quantitative estimate of drug-likeness (QED) is 0.506. The Morgan fingerprint density at radius 2 is 1.93 bits per heavy atom. The Morgan fingerprint density at radius 1 is 1.22 bits per heavy atom. The number of halogens is 1. The lowest BCUT2D eigenvalue weighted by Crippen LogP contribution is -2.25. The Kier molecular flexibility index (Phi) is 5.73. The number of ether oxygens (including phenoxy) is 1. The molecule has 0 saturated heterocycles. The second-order valence-corrected chi connectivity index (χ2v) is 6.05. The van der Waals surface area contributed by atoms with E-state index >= 15 is 0 Å². The first-order valence-corrected chi connectivity index (χ1v) is 8.50. The molecule has 8 heteroatoms. The van der Waals surface area contributed by atoms with E-state index in [1.807, 2.05) is 30.3 Å². The summed E-state index contributed by atoms with van der Waals surface area (Å²) < 4.78 is 6.74. The predicted octanol–water partition coefficient (Wildman–Crippen LogP) is 2.66. The number of carbonyl (C=O) groups is 1. The molecule has 0 spiro atoms. The largest absolute Gasteiger partial charge is 0.482 e. The fourth-order valence-corrected chi connectivity index (χ4v) is 2.57. The van der Waals surface area contributed by atoms with Gasteiger partial charge in [0.05, 0.1) is 22.5 Å². The minimum atomic E-state index is -0.470. The van der Waals surface area contributed by atoms with Crippen LogP contribution in [0.25, 0.3) is 5.69 Å². The summed E-state index contributed by atoms with van der Waals surface area (Å²) in [6.45, 7) is 1.51. The molecular formula is C19H17ClN4O3. The van der Waals surface area contributed by atoms with Crippen molar-refractivity contribution in [3.63, 3.8) is 0 Å². The number of nitrogens with one attached hydrogen (secondary N) is 2. The Bertz CT molecular complexity index is 1020. The molecule has 0 bridgehead atoms. The number of rotatable bonds is 6. The van der Waals surface area contributed by atoms with Crippen LogP contribution in [0.1, 0.15) is 11.3 Å². The van der Waals surface area contributed by atoms with Crippen LogP contribution < -0.4 is 15.7 Å². The molecule has 7 nitrogen and oxygen atoms in total. The maximum atomic E-state index is 12.5. The molecule has 0 fully saturated rings. The van der Waals surface area contributed by atoms with Crippen LogP contribution >= 0.6 is 11.6 Å². The van der Waals surface area contributed by atoms with Gasteiger partial charge in [0.25, 0.3) is 11.5 Å². The first-order valence-electron chi connectivity index (χ1n) is 8.12. The van der Waals surface area contributed by atoms with E-state index in [9.17, 15) is 9.59 Å². The van der Waals surface area contributed by atoms with Gasteiger partial charge >= 0.3 is 0 Å². The Labute approximate surface area is 160 Å². The highest BCUT2D eigenvalue weighted by atomic mass is 35.5. The number of amides is 1. The Hall–Kier alpha value is -3.32. The number of para-hydroxylation sites is 2. The molecule has 3 aromatic rings.